The first kappa shape index (κ1) is 12.9. The molecule has 0 aliphatic carbocycles. The standard InChI is InChI=1S/C16H14ClN3/c1-20(11-12-4-7-18-8-5-12)16-6-9-19-15-10-13(17)2-3-14(15)16/h2-10H,11H2,1H3. The highest BCUT2D eigenvalue weighted by Crippen LogP contribution is 2.27. The summed E-state index contributed by atoms with van der Waals surface area (Å²) in [6, 6.07) is 11.9. The van der Waals surface area contributed by atoms with Gasteiger partial charge in [0.1, 0.15) is 0 Å². The van der Waals surface area contributed by atoms with Gasteiger partial charge >= 0.3 is 0 Å². The van der Waals surface area contributed by atoms with Crippen molar-refractivity contribution < 1.29 is 0 Å². The van der Waals surface area contributed by atoms with E-state index >= 15 is 0 Å². The molecule has 100 valence electrons. The Morgan fingerprint density at radius 1 is 1.05 bits per heavy atom. The Morgan fingerprint density at radius 3 is 2.65 bits per heavy atom. The van der Waals surface area contributed by atoms with Crippen molar-refractivity contribution in [2.24, 2.45) is 0 Å². The van der Waals surface area contributed by atoms with Gasteiger partial charge in [-0.25, -0.2) is 0 Å². The van der Waals surface area contributed by atoms with E-state index in [1.807, 2.05) is 55.0 Å². The van der Waals surface area contributed by atoms with Crippen LogP contribution in [0.3, 0.4) is 0 Å². The Balaban J connectivity index is 1.97. The van der Waals surface area contributed by atoms with Crippen LogP contribution in [-0.2, 0) is 6.54 Å². The van der Waals surface area contributed by atoms with E-state index in [4.69, 9.17) is 11.6 Å². The average Bonchev–Trinajstić information content (AvgIpc) is 2.47. The number of nitrogens with zero attached hydrogens (tertiary/aromatic N) is 3. The van der Waals surface area contributed by atoms with Gasteiger partial charge in [0.2, 0.25) is 0 Å². The van der Waals surface area contributed by atoms with Crippen LogP contribution in [-0.4, -0.2) is 17.0 Å². The summed E-state index contributed by atoms with van der Waals surface area (Å²) in [4.78, 5) is 10.6. The zero-order chi connectivity index (χ0) is 13.9. The monoisotopic (exact) mass is 283 g/mol. The van der Waals surface area contributed by atoms with Crippen LogP contribution in [0.25, 0.3) is 10.9 Å². The van der Waals surface area contributed by atoms with Gasteiger partial charge in [-0.3, -0.25) is 9.97 Å². The number of hydrogen-bond donors (Lipinski definition) is 0. The van der Waals surface area contributed by atoms with Crippen LogP contribution in [0.4, 0.5) is 5.69 Å². The molecule has 2 aromatic heterocycles. The summed E-state index contributed by atoms with van der Waals surface area (Å²) in [6.45, 7) is 0.824. The minimum atomic E-state index is 0.707. The Morgan fingerprint density at radius 2 is 1.85 bits per heavy atom. The second-order valence-electron chi connectivity index (χ2n) is 4.70. The van der Waals surface area contributed by atoms with Gasteiger partial charge in [-0.15, -0.1) is 0 Å². The van der Waals surface area contributed by atoms with Crippen molar-refractivity contribution in [2.75, 3.05) is 11.9 Å². The minimum Gasteiger partial charge on any atom is -0.370 e. The Bertz CT molecular complexity index is 728. The van der Waals surface area contributed by atoms with Gasteiger partial charge in [0.25, 0.3) is 0 Å². The molecule has 0 saturated heterocycles. The highest BCUT2D eigenvalue weighted by Gasteiger charge is 2.07. The highest BCUT2D eigenvalue weighted by molar-refractivity contribution is 6.31. The third-order valence-corrected chi connectivity index (χ3v) is 3.50. The Hall–Kier alpha value is -2.13. The largest absolute Gasteiger partial charge is 0.370 e. The van der Waals surface area contributed by atoms with Crippen LogP contribution < -0.4 is 4.90 Å². The van der Waals surface area contributed by atoms with E-state index < -0.39 is 0 Å². The molecule has 3 aromatic rings. The number of rotatable bonds is 3. The first-order chi connectivity index (χ1) is 9.74. The van der Waals surface area contributed by atoms with E-state index in [1.54, 1.807) is 0 Å². The number of anilines is 1. The van der Waals surface area contributed by atoms with E-state index in [2.05, 4.69) is 21.9 Å². The lowest BCUT2D eigenvalue weighted by molar-refractivity contribution is 0.923. The third-order valence-electron chi connectivity index (χ3n) is 3.26. The smallest absolute Gasteiger partial charge is 0.0737 e. The molecule has 0 radical (unpaired) electrons. The molecule has 0 amide bonds. The van der Waals surface area contributed by atoms with Crippen LogP contribution in [0.1, 0.15) is 5.56 Å². The molecule has 2 heterocycles. The summed E-state index contributed by atoms with van der Waals surface area (Å²) in [7, 11) is 2.07. The number of hydrogen-bond acceptors (Lipinski definition) is 3. The predicted octanol–water partition coefficient (Wildman–Crippen LogP) is 3.92. The zero-order valence-electron chi connectivity index (χ0n) is 11.1. The van der Waals surface area contributed by atoms with Crippen molar-refractivity contribution in [1.29, 1.82) is 0 Å². The fourth-order valence-electron chi connectivity index (χ4n) is 2.29. The molecular formula is C16H14ClN3. The van der Waals surface area contributed by atoms with Crippen molar-refractivity contribution in [2.45, 2.75) is 6.54 Å². The van der Waals surface area contributed by atoms with Crippen LogP contribution in [0, 0.1) is 0 Å². The van der Waals surface area contributed by atoms with Gasteiger partial charge in [0.05, 0.1) is 5.52 Å². The summed E-state index contributed by atoms with van der Waals surface area (Å²) in [6.07, 6.45) is 5.44. The van der Waals surface area contributed by atoms with Gasteiger partial charge in [-0.1, -0.05) is 11.6 Å². The lowest BCUT2D eigenvalue weighted by Gasteiger charge is -2.21. The van der Waals surface area contributed by atoms with Crippen LogP contribution in [0.2, 0.25) is 5.02 Å². The molecule has 0 bridgehead atoms. The maximum absolute atomic E-state index is 6.02. The first-order valence-corrected chi connectivity index (χ1v) is 6.76. The molecule has 0 spiro atoms. The zero-order valence-corrected chi connectivity index (χ0v) is 11.9. The molecule has 0 aliphatic rings. The first-order valence-electron chi connectivity index (χ1n) is 6.38. The lowest BCUT2D eigenvalue weighted by atomic mass is 10.1. The third kappa shape index (κ3) is 2.58. The number of aromatic nitrogens is 2. The van der Waals surface area contributed by atoms with E-state index in [0.29, 0.717) is 5.02 Å². The molecular weight excluding hydrogens is 270 g/mol. The molecule has 0 aliphatic heterocycles. The number of pyridine rings is 2. The second kappa shape index (κ2) is 5.47. The molecule has 0 saturated carbocycles. The molecule has 0 unspecified atom stereocenters. The summed E-state index contributed by atoms with van der Waals surface area (Å²) < 4.78 is 0. The van der Waals surface area contributed by atoms with E-state index in [1.165, 1.54) is 5.56 Å². The predicted molar refractivity (Wildman–Crippen MR) is 83.1 cm³/mol. The normalized spacial score (nSPS) is 10.7. The Labute approximate surface area is 122 Å². The molecule has 0 fully saturated rings. The van der Waals surface area contributed by atoms with Crippen molar-refractivity contribution in [3.8, 4) is 0 Å². The van der Waals surface area contributed by atoms with Crippen LogP contribution >= 0.6 is 11.6 Å². The molecule has 0 N–H and O–H groups in total. The van der Waals surface area contributed by atoms with Gasteiger partial charge in [0.15, 0.2) is 0 Å². The van der Waals surface area contributed by atoms with Crippen molar-refractivity contribution in [1.82, 2.24) is 9.97 Å². The second-order valence-corrected chi connectivity index (χ2v) is 5.14. The quantitative estimate of drug-likeness (QED) is 0.729. The fraction of sp³-hybridized carbons (Fsp3) is 0.125. The molecule has 3 rings (SSSR count). The minimum absolute atomic E-state index is 0.707. The topological polar surface area (TPSA) is 29.0 Å². The average molecular weight is 284 g/mol. The summed E-state index contributed by atoms with van der Waals surface area (Å²) in [5, 5.41) is 1.81. The Kier molecular flexibility index (Phi) is 3.52. The highest BCUT2D eigenvalue weighted by atomic mass is 35.5. The van der Waals surface area contributed by atoms with Gasteiger partial charge < -0.3 is 4.90 Å². The maximum Gasteiger partial charge on any atom is 0.0737 e. The lowest BCUT2D eigenvalue weighted by Crippen LogP contribution is -2.16. The number of fused-ring (bicyclic) bond motifs is 1. The van der Waals surface area contributed by atoms with Crippen molar-refractivity contribution >= 4 is 28.2 Å². The number of halogens is 1. The van der Waals surface area contributed by atoms with E-state index in [-0.39, 0.29) is 0 Å². The van der Waals surface area contributed by atoms with E-state index in [0.717, 1.165) is 23.1 Å². The fourth-order valence-corrected chi connectivity index (χ4v) is 2.45. The SMILES string of the molecule is CN(Cc1ccncc1)c1ccnc2cc(Cl)ccc12. The summed E-state index contributed by atoms with van der Waals surface area (Å²) in [5.41, 5.74) is 3.28. The summed E-state index contributed by atoms with van der Waals surface area (Å²) >= 11 is 6.02. The van der Waals surface area contributed by atoms with Crippen molar-refractivity contribution in [3.05, 3.63) is 65.6 Å². The van der Waals surface area contributed by atoms with Gasteiger partial charge in [-0.2, -0.15) is 0 Å². The van der Waals surface area contributed by atoms with Crippen molar-refractivity contribution in [3.63, 3.8) is 0 Å². The molecule has 0 atom stereocenters. The van der Waals surface area contributed by atoms with Gasteiger partial charge in [0, 0.05) is 48.3 Å². The van der Waals surface area contributed by atoms with Gasteiger partial charge in [-0.05, 0) is 42.0 Å². The van der Waals surface area contributed by atoms with Crippen LogP contribution in [0.15, 0.2) is 55.0 Å². The maximum atomic E-state index is 6.02. The van der Waals surface area contributed by atoms with E-state index in [9.17, 15) is 0 Å². The molecule has 4 heteroatoms. The molecule has 3 nitrogen and oxygen atoms in total. The van der Waals surface area contributed by atoms with Crippen LogP contribution in [0.5, 0.6) is 0 Å². The molecule has 1 aromatic carbocycles. The number of benzene rings is 1. The molecule has 20 heavy (non-hydrogen) atoms. The summed E-state index contributed by atoms with van der Waals surface area (Å²) in [5.74, 6) is 0.